The van der Waals surface area contributed by atoms with Crippen LogP contribution in [0.2, 0.25) is 5.02 Å². The summed E-state index contributed by atoms with van der Waals surface area (Å²) in [6.45, 7) is 5.49. The number of carbonyl (C=O) groups is 4. The lowest BCUT2D eigenvalue weighted by Gasteiger charge is -2.40. The number of amides is 4. The number of rotatable bonds is 10. The number of nitrogens with zero attached hydrogens (tertiary/aromatic N) is 2. The molecule has 1 aliphatic carbocycles. The van der Waals surface area contributed by atoms with Crippen LogP contribution < -0.4 is 14.8 Å². The van der Waals surface area contributed by atoms with Crippen LogP contribution in [0.1, 0.15) is 29.3 Å². The fourth-order valence-corrected chi connectivity index (χ4v) is 6.58. The van der Waals surface area contributed by atoms with Crippen LogP contribution in [0.3, 0.4) is 0 Å². The maximum absolute atomic E-state index is 13.8. The number of nitrogens with one attached hydrogen (secondary N) is 2. The van der Waals surface area contributed by atoms with E-state index in [1.807, 2.05) is 30.3 Å². The summed E-state index contributed by atoms with van der Waals surface area (Å²) in [4.78, 5) is 55.7. The van der Waals surface area contributed by atoms with Gasteiger partial charge in [0.2, 0.25) is 11.8 Å². The maximum atomic E-state index is 13.8. The van der Waals surface area contributed by atoms with Crippen molar-refractivity contribution in [2.75, 3.05) is 19.6 Å². The quantitative estimate of drug-likeness (QED) is 0.317. The largest absolute Gasteiger partial charge is 0.489 e. The van der Waals surface area contributed by atoms with Gasteiger partial charge < -0.3 is 19.9 Å². The van der Waals surface area contributed by atoms with Gasteiger partial charge in [0.25, 0.3) is 21.8 Å². The number of sulfonamides is 1. The molecule has 13 heteroatoms. The van der Waals surface area contributed by atoms with Crippen molar-refractivity contribution in [2.45, 2.75) is 36.4 Å². The van der Waals surface area contributed by atoms with Crippen LogP contribution in [-0.2, 0) is 31.0 Å². The van der Waals surface area contributed by atoms with Crippen molar-refractivity contribution in [1.29, 1.82) is 0 Å². The van der Waals surface area contributed by atoms with Crippen LogP contribution in [0.5, 0.6) is 5.75 Å². The van der Waals surface area contributed by atoms with Crippen molar-refractivity contribution in [2.24, 2.45) is 5.92 Å². The second-order valence-electron chi connectivity index (χ2n) is 11.2. The standard InChI is InChI=1S/C33H33ClN4O7S/c1-3-25-19-33(25,32(42)36-46(43,44)28-11-7-10-27(18-28)45-21-23-8-5-4-6-9-23)35-30(40)29-20-37(22(2)39)16-17-38(29)31(41)24-12-14-26(34)15-13-24/h3-15,18,25,29H,1,16-17,19-21H2,2H3,(H,35,40)(H,36,42)/t25-,29+,33-/m1/s1. The molecule has 0 spiro atoms. The SMILES string of the molecule is C=C[C@@H]1C[C@]1(NC(=O)[C@@H]1CN(C(C)=O)CCN1C(=O)c1ccc(Cl)cc1)C(=O)NS(=O)(=O)c1cccc(OCc2ccccc2)c1. The van der Waals surface area contributed by atoms with E-state index < -0.39 is 45.2 Å². The molecule has 240 valence electrons. The first-order valence-corrected chi connectivity index (χ1v) is 16.4. The van der Waals surface area contributed by atoms with Crippen LogP contribution in [0.25, 0.3) is 0 Å². The Morgan fingerprint density at radius 1 is 1.02 bits per heavy atom. The van der Waals surface area contributed by atoms with Crippen LogP contribution in [-0.4, -0.2) is 73.1 Å². The summed E-state index contributed by atoms with van der Waals surface area (Å²) in [5.74, 6) is -2.67. The normalized spacial score (nSPS) is 20.7. The minimum absolute atomic E-state index is 0.0697. The summed E-state index contributed by atoms with van der Waals surface area (Å²) in [7, 11) is -4.38. The molecule has 3 atom stereocenters. The van der Waals surface area contributed by atoms with E-state index in [0.29, 0.717) is 10.6 Å². The number of halogens is 1. The summed E-state index contributed by atoms with van der Waals surface area (Å²) in [6, 6.07) is 20.1. The zero-order chi connectivity index (χ0) is 33.1. The predicted molar refractivity (Wildman–Crippen MR) is 170 cm³/mol. The topological polar surface area (TPSA) is 142 Å². The van der Waals surface area contributed by atoms with Gasteiger partial charge in [0.05, 0.1) is 11.4 Å². The number of hydrogen-bond donors (Lipinski definition) is 2. The third-order valence-electron chi connectivity index (χ3n) is 8.12. The van der Waals surface area contributed by atoms with E-state index in [4.69, 9.17) is 16.3 Å². The van der Waals surface area contributed by atoms with Gasteiger partial charge in [0, 0.05) is 42.6 Å². The number of ether oxygens (including phenoxy) is 1. The summed E-state index contributed by atoms with van der Waals surface area (Å²) >= 11 is 5.97. The molecule has 46 heavy (non-hydrogen) atoms. The summed E-state index contributed by atoms with van der Waals surface area (Å²) in [6.07, 6.45) is 1.56. The van der Waals surface area contributed by atoms with Crippen molar-refractivity contribution in [3.63, 3.8) is 0 Å². The van der Waals surface area contributed by atoms with Crippen LogP contribution in [0.4, 0.5) is 0 Å². The van der Waals surface area contributed by atoms with Crippen molar-refractivity contribution in [3.05, 3.63) is 108 Å². The fourth-order valence-electron chi connectivity index (χ4n) is 5.38. The first-order valence-electron chi connectivity index (χ1n) is 14.5. The Labute approximate surface area is 272 Å². The Kier molecular flexibility index (Phi) is 9.50. The van der Waals surface area contributed by atoms with E-state index in [-0.39, 0.29) is 49.2 Å². The molecule has 0 bridgehead atoms. The van der Waals surface area contributed by atoms with E-state index in [1.54, 1.807) is 18.2 Å². The number of carbonyl (C=O) groups excluding carboxylic acids is 4. The third-order valence-corrected chi connectivity index (χ3v) is 9.70. The predicted octanol–water partition coefficient (Wildman–Crippen LogP) is 3.16. The molecule has 3 aromatic rings. The minimum Gasteiger partial charge on any atom is -0.489 e. The van der Waals surface area contributed by atoms with Gasteiger partial charge in [-0.1, -0.05) is 54.1 Å². The van der Waals surface area contributed by atoms with Gasteiger partial charge >= 0.3 is 0 Å². The van der Waals surface area contributed by atoms with Crippen LogP contribution >= 0.6 is 11.6 Å². The second kappa shape index (κ2) is 13.4. The van der Waals surface area contributed by atoms with Crippen molar-refractivity contribution >= 4 is 45.3 Å². The van der Waals surface area contributed by atoms with Gasteiger partial charge in [-0.25, -0.2) is 13.1 Å². The molecule has 2 aliphatic rings. The molecule has 0 radical (unpaired) electrons. The highest BCUT2D eigenvalue weighted by Crippen LogP contribution is 2.45. The van der Waals surface area contributed by atoms with Crippen molar-refractivity contribution in [3.8, 4) is 5.75 Å². The molecule has 11 nitrogen and oxygen atoms in total. The van der Waals surface area contributed by atoms with Crippen LogP contribution in [0, 0.1) is 5.92 Å². The van der Waals surface area contributed by atoms with Gasteiger partial charge in [0.1, 0.15) is 23.9 Å². The van der Waals surface area contributed by atoms with Gasteiger partial charge in [-0.15, -0.1) is 6.58 Å². The number of hydrogen-bond acceptors (Lipinski definition) is 7. The number of benzene rings is 3. The molecule has 1 saturated heterocycles. The lowest BCUT2D eigenvalue weighted by Crippen LogP contribution is -2.64. The molecule has 1 heterocycles. The highest BCUT2D eigenvalue weighted by atomic mass is 35.5. The second-order valence-corrected chi connectivity index (χ2v) is 13.3. The van der Waals surface area contributed by atoms with E-state index in [1.165, 1.54) is 53.1 Å². The highest BCUT2D eigenvalue weighted by Gasteiger charge is 2.61. The number of piperazine rings is 1. The van der Waals surface area contributed by atoms with E-state index in [2.05, 4.69) is 16.6 Å². The Morgan fingerprint density at radius 3 is 2.39 bits per heavy atom. The summed E-state index contributed by atoms with van der Waals surface area (Å²) < 4.78 is 34.5. The van der Waals surface area contributed by atoms with Gasteiger partial charge in [0.15, 0.2) is 0 Å². The monoisotopic (exact) mass is 664 g/mol. The molecule has 3 aromatic carbocycles. The molecular formula is C33H33ClN4O7S. The maximum Gasteiger partial charge on any atom is 0.264 e. The molecule has 1 aliphatic heterocycles. The first kappa shape index (κ1) is 32.7. The lowest BCUT2D eigenvalue weighted by atomic mass is 10.1. The average Bonchev–Trinajstić information content (AvgIpc) is 3.78. The average molecular weight is 665 g/mol. The Bertz CT molecular complexity index is 1770. The molecule has 2 N–H and O–H groups in total. The minimum atomic E-state index is -4.38. The van der Waals surface area contributed by atoms with E-state index in [9.17, 15) is 27.6 Å². The molecular weight excluding hydrogens is 632 g/mol. The fraction of sp³-hybridized carbons (Fsp3) is 0.273. The van der Waals surface area contributed by atoms with Crippen LogP contribution in [0.15, 0.2) is 96.4 Å². The highest BCUT2D eigenvalue weighted by molar-refractivity contribution is 7.90. The first-order chi connectivity index (χ1) is 21.9. The molecule has 1 saturated carbocycles. The van der Waals surface area contributed by atoms with Gasteiger partial charge in [-0.3, -0.25) is 19.2 Å². The Morgan fingerprint density at radius 2 is 1.74 bits per heavy atom. The van der Waals surface area contributed by atoms with Gasteiger partial charge in [-0.2, -0.15) is 0 Å². The molecule has 0 aromatic heterocycles. The summed E-state index contributed by atoms with van der Waals surface area (Å²) in [5.41, 5.74) is -0.438. The van der Waals surface area contributed by atoms with Crippen molar-refractivity contribution in [1.82, 2.24) is 19.8 Å². The lowest BCUT2D eigenvalue weighted by molar-refractivity contribution is -0.137. The smallest absolute Gasteiger partial charge is 0.264 e. The molecule has 0 unspecified atom stereocenters. The Balaban J connectivity index is 1.33. The molecule has 5 rings (SSSR count). The van der Waals surface area contributed by atoms with Gasteiger partial charge in [-0.05, 0) is 48.4 Å². The third kappa shape index (κ3) is 7.08. The molecule has 2 fully saturated rings. The van der Waals surface area contributed by atoms with E-state index >= 15 is 0 Å². The Hall–Kier alpha value is -4.68. The van der Waals surface area contributed by atoms with E-state index in [0.717, 1.165) is 5.56 Å². The molecule has 4 amide bonds. The van der Waals surface area contributed by atoms with Crippen molar-refractivity contribution < 1.29 is 32.3 Å². The summed E-state index contributed by atoms with van der Waals surface area (Å²) in [5, 5.41) is 3.14. The zero-order valence-corrected chi connectivity index (χ0v) is 26.6. The zero-order valence-electron chi connectivity index (χ0n) is 25.0.